The Morgan fingerprint density at radius 2 is 2.00 bits per heavy atom. The van der Waals surface area contributed by atoms with Crippen LogP contribution in [-0.4, -0.2) is 73.9 Å². The molecule has 39 heavy (non-hydrogen) atoms. The minimum absolute atomic E-state index is 0.0347. The van der Waals surface area contributed by atoms with Gasteiger partial charge in [0.25, 0.3) is 0 Å². The average Bonchev–Trinajstić information content (AvgIpc) is 3.80. The maximum Gasteiger partial charge on any atom is 0.228 e. The van der Waals surface area contributed by atoms with E-state index < -0.39 is 8.07 Å². The number of nitrogens with zero attached hydrogens (tertiary/aromatic N) is 4. The Morgan fingerprint density at radius 1 is 1.21 bits per heavy atom. The third-order valence-corrected chi connectivity index (χ3v) is 8.92. The fourth-order valence-corrected chi connectivity index (χ4v) is 5.58. The van der Waals surface area contributed by atoms with Crippen LogP contribution < -0.4 is 14.8 Å². The summed E-state index contributed by atoms with van der Waals surface area (Å²) < 4.78 is 20.1. The fourth-order valence-electron chi connectivity index (χ4n) is 4.82. The number of amides is 1. The lowest BCUT2D eigenvalue weighted by molar-refractivity contribution is -0.117. The summed E-state index contributed by atoms with van der Waals surface area (Å²) in [6.07, 6.45) is 7.00. The molecule has 2 fully saturated rings. The zero-order chi connectivity index (χ0) is 27.7. The first-order valence-electron chi connectivity index (χ1n) is 13.9. The highest BCUT2D eigenvalue weighted by Gasteiger charge is 2.43. The second kappa shape index (κ2) is 11.3. The number of nitrogens with one attached hydrogen (secondary N) is 1. The van der Waals surface area contributed by atoms with Crippen LogP contribution in [0.1, 0.15) is 19.3 Å². The summed E-state index contributed by atoms with van der Waals surface area (Å²) in [5.41, 5.74) is 2.46. The monoisotopic (exact) mass is 551 g/mol. The van der Waals surface area contributed by atoms with Crippen molar-refractivity contribution in [2.24, 2.45) is 11.8 Å². The maximum absolute atomic E-state index is 12.9. The SMILES string of the molecule is COc1nccc(OC2CC2)c1-c1cn(COCC[Si](C)(C)C)c2nc(NC(=O)[C@@H]3C[C@H]3CN(C)C)ccc12. The maximum atomic E-state index is 12.9. The lowest BCUT2D eigenvalue weighted by Crippen LogP contribution is -2.22. The molecule has 0 saturated heterocycles. The summed E-state index contributed by atoms with van der Waals surface area (Å²) in [5.74, 6) is 2.28. The highest BCUT2D eigenvalue weighted by Crippen LogP contribution is 2.43. The van der Waals surface area contributed by atoms with E-state index in [1.54, 1.807) is 13.3 Å². The number of carbonyl (C=O) groups is 1. The molecule has 2 atom stereocenters. The Kier molecular flexibility index (Phi) is 7.98. The van der Waals surface area contributed by atoms with Crippen LogP contribution in [0.4, 0.5) is 5.82 Å². The first-order valence-corrected chi connectivity index (χ1v) is 17.6. The van der Waals surface area contributed by atoms with Gasteiger partial charge in [-0.1, -0.05) is 19.6 Å². The molecule has 0 radical (unpaired) electrons. The lowest BCUT2D eigenvalue weighted by Gasteiger charge is -2.15. The molecule has 2 aliphatic rings. The van der Waals surface area contributed by atoms with E-state index in [1.807, 2.05) is 43.1 Å². The van der Waals surface area contributed by atoms with E-state index in [1.165, 1.54) is 0 Å². The molecule has 9 nitrogen and oxygen atoms in total. The summed E-state index contributed by atoms with van der Waals surface area (Å²) in [4.78, 5) is 24.4. The first kappa shape index (κ1) is 27.6. The van der Waals surface area contributed by atoms with Gasteiger partial charge in [0.2, 0.25) is 11.8 Å². The molecule has 0 unspecified atom stereocenters. The number of methoxy groups -OCH3 is 1. The van der Waals surface area contributed by atoms with Gasteiger partial charge in [-0.3, -0.25) is 4.79 Å². The van der Waals surface area contributed by atoms with Crippen LogP contribution in [0.15, 0.2) is 30.6 Å². The standard InChI is InChI=1S/C29H41N5O4Si/c1-33(2)16-19-15-22(19)28(35)32-25-10-9-21-23(17-34(27(21)31-25)18-37-13-14-39(4,5)6)26-24(38-20-7-8-20)11-12-30-29(26)36-3/h9-12,17,19-20,22H,7-8,13-16,18H2,1-6H3,(H,31,32,35)/t19-,22+/m0/s1. The number of pyridine rings is 2. The smallest absolute Gasteiger partial charge is 0.228 e. The van der Waals surface area contributed by atoms with Gasteiger partial charge in [-0.2, -0.15) is 0 Å². The van der Waals surface area contributed by atoms with Crippen LogP contribution in [0.25, 0.3) is 22.2 Å². The van der Waals surface area contributed by atoms with Crippen molar-refractivity contribution < 1.29 is 19.0 Å². The van der Waals surface area contributed by atoms with Gasteiger partial charge in [-0.25, -0.2) is 9.97 Å². The van der Waals surface area contributed by atoms with Gasteiger partial charge in [0.05, 0.1) is 18.8 Å². The van der Waals surface area contributed by atoms with E-state index in [0.717, 1.165) is 59.8 Å². The van der Waals surface area contributed by atoms with E-state index in [-0.39, 0.29) is 17.9 Å². The molecule has 3 aromatic rings. The second-order valence-corrected chi connectivity index (χ2v) is 17.9. The van der Waals surface area contributed by atoms with Crippen molar-refractivity contribution in [2.75, 3.05) is 39.7 Å². The van der Waals surface area contributed by atoms with Crippen molar-refractivity contribution in [1.82, 2.24) is 19.4 Å². The van der Waals surface area contributed by atoms with Crippen LogP contribution in [0.2, 0.25) is 25.7 Å². The Balaban J connectivity index is 1.46. The quantitative estimate of drug-likeness (QED) is 0.234. The summed E-state index contributed by atoms with van der Waals surface area (Å²) >= 11 is 0. The van der Waals surface area contributed by atoms with Crippen molar-refractivity contribution in [3.8, 4) is 22.8 Å². The number of carbonyl (C=O) groups excluding carboxylic acids is 1. The number of anilines is 1. The van der Waals surface area contributed by atoms with Crippen molar-refractivity contribution in [3.05, 3.63) is 30.6 Å². The van der Waals surface area contributed by atoms with Gasteiger partial charge in [0, 0.05) is 50.5 Å². The van der Waals surface area contributed by atoms with E-state index in [4.69, 9.17) is 19.2 Å². The van der Waals surface area contributed by atoms with Crippen LogP contribution in [0.5, 0.6) is 11.6 Å². The zero-order valence-electron chi connectivity index (χ0n) is 24.0. The Morgan fingerprint density at radius 3 is 2.69 bits per heavy atom. The molecule has 5 rings (SSSR count). The molecule has 0 aliphatic heterocycles. The van der Waals surface area contributed by atoms with Crippen LogP contribution in [-0.2, 0) is 16.3 Å². The van der Waals surface area contributed by atoms with Crippen LogP contribution in [0.3, 0.4) is 0 Å². The zero-order valence-corrected chi connectivity index (χ0v) is 25.0. The van der Waals surface area contributed by atoms with Gasteiger partial charge in [-0.15, -0.1) is 0 Å². The molecule has 0 spiro atoms. The minimum Gasteiger partial charge on any atom is -0.490 e. The third-order valence-electron chi connectivity index (χ3n) is 7.22. The second-order valence-electron chi connectivity index (χ2n) is 12.3. The van der Waals surface area contributed by atoms with Crippen LogP contribution >= 0.6 is 0 Å². The number of rotatable bonds is 13. The van der Waals surface area contributed by atoms with Crippen molar-refractivity contribution in [1.29, 1.82) is 0 Å². The molecule has 0 aromatic carbocycles. The fraction of sp³-hybridized carbons (Fsp3) is 0.552. The summed E-state index contributed by atoms with van der Waals surface area (Å²) in [6.45, 7) is 9.01. The normalized spacial score (nSPS) is 18.9. The number of aromatic nitrogens is 3. The predicted molar refractivity (Wildman–Crippen MR) is 156 cm³/mol. The summed E-state index contributed by atoms with van der Waals surface area (Å²) in [6, 6.07) is 6.85. The van der Waals surface area contributed by atoms with Crippen molar-refractivity contribution >= 4 is 30.8 Å². The predicted octanol–water partition coefficient (Wildman–Crippen LogP) is 5.10. The number of hydrogen-bond donors (Lipinski definition) is 1. The average molecular weight is 552 g/mol. The topological polar surface area (TPSA) is 90.7 Å². The minimum atomic E-state index is -1.22. The lowest BCUT2D eigenvalue weighted by atomic mass is 10.1. The molecule has 3 aromatic heterocycles. The molecule has 0 bridgehead atoms. The van der Waals surface area contributed by atoms with Gasteiger partial charge >= 0.3 is 0 Å². The molecular weight excluding hydrogens is 510 g/mol. The molecule has 10 heteroatoms. The summed E-state index contributed by atoms with van der Waals surface area (Å²) in [5, 5.41) is 3.97. The molecule has 1 amide bonds. The van der Waals surface area contributed by atoms with E-state index in [0.29, 0.717) is 31.0 Å². The molecule has 1 N–H and O–H groups in total. The molecular formula is C29H41N5O4Si. The Labute approximate surface area is 231 Å². The number of ether oxygens (including phenoxy) is 3. The van der Waals surface area contributed by atoms with Gasteiger partial charge in [0.15, 0.2) is 0 Å². The first-order chi connectivity index (χ1) is 18.6. The highest BCUT2D eigenvalue weighted by molar-refractivity contribution is 6.76. The molecule has 210 valence electrons. The Bertz CT molecular complexity index is 1330. The third kappa shape index (κ3) is 6.80. The molecule has 2 saturated carbocycles. The molecule has 2 aliphatic carbocycles. The highest BCUT2D eigenvalue weighted by atomic mass is 28.3. The largest absolute Gasteiger partial charge is 0.490 e. The van der Waals surface area contributed by atoms with Crippen molar-refractivity contribution in [3.63, 3.8) is 0 Å². The van der Waals surface area contributed by atoms with Gasteiger partial charge in [-0.05, 0) is 63.5 Å². The van der Waals surface area contributed by atoms with Crippen molar-refractivity contribution in [2.45, 2.75) is 57.8 Å². The molecule has 3 heterocycles. The van der Waals surface area contributed by atoms with E-state index in [9.17, 15) is 4.79 Å². The number of hydrogen-bond acceptors (Lipinski definition) is 7. The Hall–Kier alpha value is -2.95. The van der Waals surface area contributed by atoms with Gasteiger partial charge < -0.3 is 29.0 Å². The van der Waals surface area contributed by atoms with E-state index in [2.05, 4.69) is 34.8 Å². The van der Waals surface area contributed by atoms with Gasteiger partial charge in [0.1, 0.15) is 23.9 Å². The summed E-state index contributed by atoms with van der Waals surface area (Å²) in [7, 11) is 4.49. The number of fused-ring (bicyclic) bond motifs is 1. The van der Waals surface area contributed by atoms with Crippen LogP contribution in [0, 0.1) is 11.8 Å². The van der Waals surface area contributed by atoms with E-state index >= 15 is 0 Å².